The molecule has 0 bridgehead atoms. The third-order valence-electron chi connectivity index (χ3n) is 5.14. The fraction of sp³-hybridized carbons (Fsp3) is 0.600. The molecule has 0 aromatic carbocycles. The highest BCUT2D eigenvalue weighted by Gasteiger charge is 2.26. The van der Waals surface area contributed by atoms with Crippen LogP contribution in [0.4, 0.5) is 0 Å². The van der Waals surface area contributed by atoms with Crippen LogP contribution in [0.2, 0.25) is 0 Å². The smallest absolute Gasteiger partial charge is 0.130 e. The summed E-state index contributed by atoms with van der Waals surface area (Å²) in [5.41, 5.74) is 1.97. The summed E-state index contributed by atoms with van der Waals surface area (Å²) in [5, 5.41) is 22.4. The number of rotatable bonds is 10. The molecule has 140 valence electrons. The lowest BCUT2D eigenvalue weighted by molar-refractivity contribution is -0.00328. The zero-order valence-corrected chi connectivity index (χ0v) is 15.4. The second-order valence-electron chi connectivity index (χ2n) is 6.77. The summed E-state index contributed by atoms with van der Waals surface area (Å²) in [7, 11) is 0. The minimum absolute atomic E-state index is 0.0670. The number of hydrogen-bond donors (Lipinski definition) is 3. The molecule has 1 unspecified atom stereocenters. The Morgan fingerprint density at radius 3 is 2.68 bits per heavy atom. The van der Waals surface area contributed by atoms with Gasteiger partial charge in [0.25, 0.3) is 0 Å². The summed E-state index contributed by atoms with van der Waals surface area (Å²) in [6, 6.07) is 0. The SMILES string of the molecule is C=C/C=C\C(CC)CCN1CCN([C@H](O)C2=CC=C(NCO)C2)CC1. The third kappa shape index (κ3) is 6.12. The van der Waals surface area contributed by atoms with Crippen molar-refractivity contribution in [1.29, 1.82) is 0 Å². The molecule has 1 aliphatic heterocycles. The van der Waals surface area contributed by atoms with E-state index < -0.39 is 6.23 Å². The first-order valence-electron chi connectivity index (χ1n) is 9.36. The highest BCUT2D eigenvalue weighted by atomic mass is 16.3. The zero-order chi connectivity index (χ0) is 18.1. The number of nitrogens with one attached hydrogen (secondary N) is 1. The predicted molar refractivity (Wildman–Crippen MR) is 103 cm³/mol. The van der Waals surface area contributed by atoms with Gasteiger partial charge in [-0.05, 0) is 37.0 Å². The summed E-state index contributed by atoms with van der Waals surface area (Å²) in [5.74, 6) is 0.619. The topological polar surface area (TPSA) is 59.0 Å². The van der Waals surface area contributed by atoms with Gasteiger partial charge in [-0.1, -0.05) is 37.8 Å². The molecule has 3 N–H and O–H groups in total. The Labute approximate surface area is 152 Å². The number of piperazine rings is 1. The van der Waals surface area contributed by atoms with E-state index in [1.54, 1.807) is 0 Å². The van der Waals surface area contributed by atoms with Gasteiger partial charge in [0.05, 0.1) is 0 Å². The Morgan fingerprint density at radius 1 is 1.28 bits per heavy atom. The molecule has 25 heavy (non-hydrogen) atoms. The minimum atomic E-state index is -0.518. The van der Waals surface area contributed by atoms with Crippen molar-refractivity contribution in [2.45, 2.75) is 32.4 Å². The summed E-state index contributed by atoms with van der Waals surface area (Å²) >= 11 is 0. The standard InChI is InChI=1S/C20H33N3O2/c1-3-5-6-17(4-2)9-10-22-11-13-23(14-12-22)20(25)18-7-8-19(15-18)21-16-24/h3,5-8,17,20-21,24-25H,1,4,9-16H2,2H3/b6-5-/t17?,20-/m1/s1. The molecule has 0 aromatic rings. The van der Waals surface area contributed by atoms with E-state index in [0.717, 1.165) is 50.4 Å². The van der Waals surface area contributed by atoms with Crippen molar-refractivity contribution in [3.63, 3.8) is 0 Å². The van der Waals surface area contributed by atoms with Crippen LogP contribution in [-0.2, 0) is 0 Å². The molecule has 2 rings (SSSR count). The van der Waals surface area contributed by atoms with Crippen LogP contribution in [0.1, 0.15) is 26.2 Å². The van der Waals surface area contributed by atoms with Crippen LogP contribution in [0.15, 0.2) is 48.2 Å². The molecule has 5 nitrogen and oxygen atoms in total. The quantitative estimate of drug-likeness (QED) is 0.416. The first kappa shape index (κ1) is 19.9. The first-order chi connectivity index (χ1) is 12.2. The van der Waals surface area contributed by atoms with Gasteiger partial charge in [0.15, 0.2) is 0 Å². The van der Waals surface area contributed by atoms with Crippen molar-refractivity contribution in [3.05, 3.63) is 48.2 Å². The molecule has 2 aliphatic rings. The van der Waals surface area contributed by atoms with Crippen molar-refractivity contribution in [2.75, 3.05) is 39.5 Å². The molecule has 0 spiro atoms. The number of nitrogens with zero attached hydrogens (tertiary/aromatic N) is 2. The van der Waals surface area contributed by atoms with E-state index in [0.29, 0.717) is 12.3 Å². The van der Waals surface area contributed by atoms with Gasteiger partial charge in [0.1, 0.15) is 13.0 Å². The van der Waals surface area contributed by atoms with Crippen LogP contribution in [0, 0.1) is 5.92 Å². The number of hydrogen-bond acceptors (Lipinski definition) is 5. The number of allylic oxidation sites excluding steroid dienone is 6. The molecule has 5 heteroatoms. The Morgan fingerprint density at radius 2 is 2.04 bits per heavy atom. The van der Waals surface area contributed by atoms with Crippen molar-refractivity contribution in [2.24, 2.45) is 5.92 Å². The van der Waals surface area contributed by atoms with Crippen molar-refractivity contribution in [1.82, 2.24) is 15.1 Å². The van der Waals surface area contributed by atoms with Gasteiger partial charge >= 0.3 is 0 Å². The highest BCUT2D eigenvalue weighted by molar-refractivity contribution is 5.31. The van der Waals surface area contributed by atoms with Crippen LogP contribution in [-0.4, -0.2) is 65.7 Å². The van der Waals surface area contributed by atoms with E-state index in [1.807, 2.05) is 24.3 Å². The van der Waals surface area contributed by atoms with E-state index in [2.05, 4.69) is 34.7 Å². The summed E-state index contributed by atoms with van der Waals surface area (Å²) in [6.07, 6.45) is 12.6. The van der Waals surface area contributed by atoms with E-state index in [-0.39, 0.29) is 6.73 Å². The van der Waals surface area contributed by atoms with Gasteiger partial charge in [-0.15, -0.1) is 0 Å². The number of aliphatic hydroxyl groups is 2. The second kappa shape index (κ2) is 10.6. The molecular formula is C20H33N3O2. The molecule has 2 atom stereocenters. The van der Waals surface area contributed by atoms with Crippen LogP contribution in [0.25, 0.3) is 0 Å². The van der Waals surface area contributed by atoms with Gasteiger partial charge in [0, 0.05) is 38.3 Å². The largest absolute Gasteiger partial charge is 0.377 e. The monoisotopic (exact) mass is 347 g/mol. The number of aliphatic hydroxyl groups excluding tert-OH is 2. The van der Waals surface area contributed by atoms with Crippen LogP contribution in [0.5, 0.6) is 0 Å². The Kier molecular flexibility index (Phi) is 8.41. The van der Waals surface area contributed by atoms with E-state index >= 15 is 0 Å². The molecule has 1 heterocycles. The van der Waals surface area contributed by atoms with E-state index in [4.69, 9.17) is 5.11 Å². The summed E-state index contributed by atoms with van der Waals surface area (Å²) in [4.78, 5) is 4.64. The molecular weight excluding hydrogens is 314 g/mol. The fourth-order valence-corrected chi connectivity index (χ4v) is 3.43. The zero-order valence-electron chi connectivity index (χ0n) is 15.4. The molecule has 1 aliphatic carbocycles. The summed E-state index contributed by atoms with van der Waals surface area (Å²) in [6.45, 7) is 10.8. The maximum absolute atomic E-state index is 10.6. The van der Waals surface area contributed by atoms with E-state index in [1.165, 1.54) is 6.42 Å². The Bertz CT molecular complexity index is 505. The summed E-state index contributed by atoms with van der Waals surface area (Å²) < 4.78 is 0. The Hall–Kier alpha value is -1.40. The molecule has 0 amide bonds. The Balaban J connectivity index is 1.71. The van der Waals surface area contributed by atoms with Gasteiger partial charge in [-0.3, -0.25) is 4.90 Å². The third-order valence-corrected chi connectivity index (χ3v) is 5.14. The molecule has 0 aromatic heterocycles. The average molecular weight is 348 g/mol. The minimum Gasteiger partial charge on any atom is -0.377 e. The van der Waals surface area contributed by atoms with Crippen molar-refractivity contribution in [3.8, 4) is 0 Å². The van der Waals surface area contributed by atoms with Crippen molar-refractivity contribution >= 4 is 0 Å². The maximum Gasteiger partial charge on any atom is 0.130 e. The van der Waals surface area contributed by atoms with Crippen LogP contribution in [0.3, 0.4) is 0 Å². The van der Waals surface area contributed by atoms with Gasteiger partial charge in [-0.25, -0.2) is 0 Å². The van der Waals surface area contributed by atoms with Gasteiger partial charge in [0.2, 0.25) is 0 Å². The predicted octanol–water partition coefficient (Wildman–Crippen LogP) is 1.83. The van der Waals surface area contributed by atoms with Crippen molar-refractivity contribution < 1.29 is 10.2 Å². The van der Waals surface area contributed by atoms with Crippen LogP contribution < -0.4 is 5.32 Å². The molecule has 1 saturated heterocycles. The second-order valence-corrected chi connectivity index (χ2v) is 6.77. The lowest BCUT2D eigenvalue weighted by Crippen LogP contribution is -2.51. The molecule has 1 fully saturated rings. The highest BCUT2D eigenvalue weighted by Crippen LogP contribution is 2.23. The lowest BCUT2D eigenvalue weighted by Gasteiger charge is -2.38. The normalized spacial score (nSPS) is 21.9. The maximum atomic E-state index is 10.6. The average Bonchev–Trinajstić information content (AvgIpc) is 3.11. The molecule has 0 radical (unpaired) electrons. The van der Waals surface area contributed by atoms with Gasteiger partial charge < -0.3 is 20.4 Å². The van der Waals surface area contributed by atoms with Gasteiger partial charge in [-0.2, -0.15) is 0 Å². The fourth-order valence-electron chi connectivity index (χ4n) is 3.43. The van der Waals surface area contributed by atoms with E-state index in [9.17, 15) is 5.11 Å². The first-order valence-corrected chi connectivity index (χ1v) is 9.36. The lowest BCUT2D eigenvalue weighted by atomic mass is 10.0. The molecule has 0 saturated carbocycles. The van der Waals surface area contributed by atoms with Crippen LogP contribution >= 0.6 is 0 Å².